The number of pyridine rings is 1. The van der Waals surface area contributed by atoms with Crippen molar-refractivity contribution in [2.75, 3.05) is 0 Å². The molecule has 3 nitrogen and oxygen atoms in total. The molecule has 0 N–H and O–H groups in total. The van der Waals surface area contributed by atoms with Gasteiger partial charge in [0.25, 0.3) is 0 Å². The van der Waals surface area contributed by atoms with Crippen LogP contribution in [-0.2, 0) is 0 Å². The molecule has 0 aliphatic carbocycles. The van der Waals surface area contributed by atoms with Crippen LogP contribution in [0.25, 0.3) is 22.4 Å². The van der Waals surface area contributed by atoms with E-state index in [4.69, 9.17) is 34.8 Å². The minimum absolute atomic E-state index is 0.0641. The van der Waals surface area contributed by atoms with Crippen LogP contribution < -0.4 is 0 Å². The highest BCUT2D eigenvalue weighted by atomic mass is 35.5. The SMILES string of the molecule is Cc1nnc(Cl)c(-c2ncc(Cl)cc2F)c1-c1ccc(Cl)cc1. The van der Waals surface area contributed by atoms with Gasteiger partial charge in [-0.2, -0.15) is 5.10 Å². The van der Waals surface area contributed by atoms with Gasteiger partial charge in [-0.15, -0.1) is 5.10 Å². The van der Waals surface area contributed by atoms with Crippen LogP contribution in [0, 0.1) is 12.7 Å². The molecule has 0 amide bonds. The summed E-state index contributed by atoms with van der Waals surface area (Å²) in [5, 5.41) is 8.75. The van der Waals surface area contributed by atoms with Gasteiger partial charge in [0.2, 0.25) is 0 Å². The lowest BCUT2D eigenvalue weighted by Crippen LogP contribution is -2.00. The van der Waals surface area contributed by atoms with Crippen LogP contribution in [0.2, 0.25) is 15.2 Å². The highest BCUT2D eigenvalue weighted by Crippen LogP contribution is 2.38. The molecule has 7 heteroatoms. The first-order valence-electron chi connectivity index (χ1n) is 6.57. The molecule has 0 unspecified atom stereocenters. The molecule has 2 heterocycles. The van der Waals surface area contributed by atoms with E-state index in [1.54, 1.807) is 31.2 Å². The maximum atomic E-state index is 14.3. The van der Waals surface area contributed by atoms with E-state index >= 15 is 0 Å². The number of hydrogen-bond donors (Lipinski definition) is 0. The van der Waals surface area contributed by atoms with Gasteiger partial charge in [0.15, 0.2) is 11.0 Å². The Morgan fingerprint density at radius 2 is 1.61 bits per heavy atom. The van der Waals surface area contributed by atoms with Crippen LogP contribution >= 0.6 is 34.8 Å². The average molecular weight is 369 g/mol. The summed E-state index contributed by atoms with van der Waals surface area (Å²) >= 11 is 17.9. The van der Waals surface area contributed by atoms with Gasteiger partial charge in [0.05, 0.1) is 16.3 Å². The van der Waals surface area contributed by atoms with E-state index in [0.29, 0.717) is 21.8 Å². The van der Waals surface area contributed by atoms with E-state index in [2.05, 4.69) is 15.2 Å². The second-order valence-corrected chi connectivity index (χ2v) is 6.05. The fourth-order valence-corrected chi connectivity index (χ4v) is 2.78. The minimum atomic E-state index is -0.581. The summed E-state index contributed by atoms with van der Waals surface area (Å²) in [6.07, 6.45) is 1.36. The van der Waals surface area contributed by atoms with E-state index in [1.165, 1.54) is 12.3 Å². The highest BCUT2D eigenvalue weighted by Gasteiger charge is 2.20. The second kappa shape index (κ2) is 6.40. The van der Waals surface area contributed by atoms with E-state index in [-0.39, 0.29) is 15.9 Å². The lowest BCUT2D eigenvalue weighted by Gasteiger charge is -2.13. The molecular formula is C16H9Cl3FN3. The van der Waals surface area contributed by atoms with Gasteiger partial charge in [-0.3, -0.25) is 4.98 Å². The monoisotopic (exact) mass is 367 g/mol. The third kappa shape index (κ3) is 3.15. The van der Waals surface area contributed by atoms with Gasteiger partial charge in [-0.05, 0) is 30.7 Å². The van der Waals surface area contributed by atoms with Gasteiger partial charge in [-0.1, -0.05) is 46.9 Å². The van der Waals surface area contributed by atoms with Crippen LogP contribution in [0.3, 0.4) is 0 Å². The van der Waals surface area contributed by atoms with E-state index < -0.39 is 5.82 Å². The normalized spacial score (nSPS) is 10.8. The minimum Gasteiger partial charge on any atom is -0.251 e. The highest BCUT2D eigenvalue weighted by molar-refractivity contribution is 6.33. The molecule has 3 rings (SSSR count). The van der Waals surface area contributed by atoms with Crippen molar-refractivity contribution in [2.24, 2.45) is 0 Å². The topological polar surface area (TPSA) is 38.7 Å². The maximum Gasteiger partial charge on any atom is 0.161 e. The molecule has 0 atom stereocenters. The molecule has 0 saturated heterocycles. The first kappa shape index (κ1) is 16.1. The summed E-state index contributed by atoms with van der Waals surface area (Å²) in [7, 11) is 0. The predicted octanol–water partition coefficient (Wildman–Crippen LogP) is 5.61. The lowest BCUT2D eigenvalue weighted by atomic mass is 9.97. The Morgan fingerprint density at radius 1 is 0.913 bits per heavy atom. The van der Waals surface area contributed by atoms with Crippen LogP contribution in [0.4, 0.5) is 4.39 Å². The number of benzene rings is 1. The largest absolute Gasteiger partial charge is 0.251 e. The van der Waals surface area contributed by atoms with Gasteiger partial charge in [0.1, 0.15) is 5.69 Å². The third-order valence-corrected chi connectivity index (χ3v) is 4.01. The molecule has 0 aliphatic rings. The van der Waals surface area contributed by atoms with Crippen molar-refractivity contribution in [1.29, 1.82) is 0 Å². The summed E-state index contributed by atoms with van der Waals surface area (Å²) in [4.78, 5) is 4.07. The fourth-order valence-electron chi connectivity index (χ4n) is 2.29. The van der Waals surface area contributed by atoms with E-state index in [0.717, 1.165) is 5.56 Å². The van der Waals surface area contributed by atoms with Crippen LogP contribution in [-0.4, -0.2) is 15.2 Å². The van der Waals surface area contributed by atoms with Crippen molar-refractivity contribution in [2.45, 2.75) is 6.92 Å². The maximum absolute atomic E-state index is 14.3. The zero-order chi connectivity index (χ0) is 16.6. The number of aromatic nitrogens is 3. The zero-order valence-electron chi connectivity index (χ0n) is 11.8. The lowest BCUT2D eigenvalue weighted by molar-refractivity contribution is 0.625. The quantitative estimate of drug-likeness (QED) is 0.590. The Kier molecular flexibility index (Phi) is 4.48. The Bertz CT molecular complexity index is 882. The Balaban J connectivity index is 2.32. The molecule has 23 heavy (non-hydrogen) atoms. The summed E-state index contributed by atoms with van der Waals surface area (Å²) in [5.74, 6) is -0.581. The molecule has 0 spiro atoms. The van der Waals surface area contributed by atoms with Crippen LogP contribution in [0.15, 0.2) is 36.5 Å². The first-order valence-corrected chi connectivity index (χ1v) is 7.71. The number of hydrogen-bond acceptors (Lipinski definition) is 3. The summed E-state index contributed by atoms with van der Waals surface area (Å²) in [6, 6.07) is 8.27. The molecular weight excluding hydrogens is 360 g/mol. The average Bonchev–Trinajstić information content (AvgIpc) is 2.51. The van der Waals surface area contributed by atoms with Crippen LogP contribution in [0.5, 0.6) is 0 Å². The number of nitrogens with zero attached hydrogens (tertiary/aromatic N) is 3. The second-order valence-electron chi connectivity index (χ2n) is 4.82. The van der Waals surface area contributed by atoms with Crippen molar-refractivity contribution < 1.29 is 4.39 Å². The first-order chi connectivity index (χ1) is 11.0. The number of rotatable bonds is 2. The van der Waals surface area contributed by atoms with Gasteiger partial charge in [0, 0.05) is 16.8 Å². The third-order valence-electron chi connectivity index (χ3n) is 3.28. The number of aryl methyl sites for hydroxylation is 1. The van der Waals surface area contributed by atoms with Gasteiger partial charge >= 0.3 is 0 Å². The van der Waals surface area contributed by atoms with Gasteiger partial charge < -0.3 is 0 Å². The molecule has 0 radical (unpaired) electrons. The van der Waals surface area contributed by atoms with E-state index in [1.807, 2.05) is 0 Å². The van der Waals surface area contributed by atoms with Crippen molar-refractivity contribution in [3.05, 3.63) is 63.2 Å². The summed E-state index contributed by atoms with van der Waals surface area (Å²) in [5.41, 5.74) is 2.48. The van der Waals surface area contributed by atoms with Crippen LogP contribution in [0.1, 0.15) is 5.69 Å². The molecule has 2 aromatic heterocycles. The van der Waals surface area contributed by atoms with Crippen molar-refractivity contribution in [1.82, 2.24) is 15.2 Å². The molecule has 0 saturated carbocycles. The van der Waals surface area contributed by atoms with Crippen molar-refractivity contribution in [3.63, 3.8) is 0 Å². The fraction of sp³-hybridized carbons (Fsp3) is 0.0625. The molecule has 0 aliphatic heterocycles. The zero-order valence-corrected chi connectivity index (χ0v) is 14.1. The Hall–Kier alpha value is -1.75. The predicted molar refractivity (Wildman–Crippen MR) is 90.4 cm³/mol. The molecule has 0 fully saturated rings. The van der Waals surface area contributed by atoms with Gasteiger partial charge in [-0.25, -0.2) is 4.39 Å². The summed E-state index contributed by atoms with van der Waals surface area (Å²) < 4.78 is 14.3. The Morgan fingerprint density at radius 3 is 2.26 bits per heavy atom. The van der Waals surface area contributed by atoms with E-state index in [9.17, 15) is 4.39 Å². The van der Waals surface area contributed by atoms with Crippen molar-refractivity contribution in [3.8, 4) is 22.4 Å². The summed E-state index contributed by atoms with van der Waals surface area (Å²) in [6.45, 7) is 1.77. The molecule has 0 bridgehead atoms. The Labute approximate surface area is 147 Å². The smallest absolute Gasteiger partial charge is 0.161 e. The molecule has 116 valence electrons. The number of halogens is 4. The molecule has 1 aromatic carbocycles. The molecule has 3 aromatic rings. The standard InChI is InChI=1S/C16H9Cl3FN3/c1-8-13(9-2-4-10(17)5-3-9)14(16(19)23-22-8)15-12(20)6-11(18)7-21-15/h2-7H,1H3. The van der Waals surface area contributed by atoms with Crippen molar-refractivity contribution >= 4 is 34.8 Å².